The van der Waals surface area contributed by atoms with Crippen LogP contribution >= 0.6 is 0 Å². The van der Waals surface area contributed by atoms with Crippen LogP contribution in [0.2, 0.25) is 0 Å². The summed E-state index contributed by atoms with van der Waals surface area (Å²) in [5.74, 6) is 0.785. The molecule has 0 aromatic heterocycles. The second-order valence-corrected chi connectivity index (χ2v) is 4.67. The lowest BCUT2D eigenvalue weighted by molar-refractivity contribution is 0.297. The summed E-state index contributed by atoms with van der Waals surface area (Å²) in [6.45, 7) is 8.40. The molecule has 20 heavy (non-hydrogen) atoms. The molecule has 1 rings (SSSR count). The van der Waals surface area contributed by atoms with Crippen molar-refractivity contribution in [2.24, 2.45) is 0 Å². The van der Waals surface area contributed by atoms with Gasteiger partial charge in [-0.1, -0.05) is 26.0 Å². The topological polar surface area (TPSA) is 48.3 Å². The molecular weight excluding hydrogens is 250 g/mol. The molecule has 0 radical (unpaired) electrons. The molecule has 0 fully saturated rings. The Morgan fingerprint density at radius 1 is 1.35 bits per heavy atom. The van der Waals surface area contributed by atoms with E-state index in [-0.39, 0.29) is 6.04 Å². The molecule has 0 aliphatic heterocycles. The van der Waals surface area contributed by atoms with Crippen molar-refractivity contribution in [1.82, 2.24) is 10.2 Å². The lowest BCUT2D eigenvalue weighted by Crippen LogP contribution is -2.28. The molecule has 0 saturated heterocycles. The minimum absolute atomic E-state index is 0.276. The molecule has 1 unspecified atom stereocenters. The van der Waals surface area contributed by atoms with Gasteiger partial charge < -0.3 is 9.64 Å². The maximum atomic E-state index is 9.28. The second-order valence-electron chi connectivity index (χ2n) is 4.67. The van der Waals surface area contributed by atoms with Crippen LogP contribution in [0.3, 0.4) is 0 Å². The SMILES string of the molecule is CCN(CC)CCCNC(C#N)c1cccc(OC)c1. The molecule has 0 aliphatic carbocycles. The zero-order valence-corrected chi connectivity index (χ0v) is 12.7. The second kappa shape index (κ2) is 9.35. The van der Waals surface area contributed by atoms with Crippen LogP contribution in [0.1, 0.15) is 31.9 Å². The highest BCUT2D eigenvalue weighted by atomic mass is 16.5. The van der Waals surface area contributed by atoms with E-state index in [1.54, 1.807) is 7.11 Å². The maximum Gasteiger partial charge on any atom is 0.121 e. The van der Waals surface area contributed by atoms with Gasteiger partial charge in [-0.3, -0.25) is 5.32 Å². The number of nitrogens with zero attached hydrogens (tertiary/aromatic N) is 2. The van der Waals surface area contributed by atoms with Crippen molar-refractivity contribution in [3.05, 3.63) is 29.8 Å². The van der Waals surface area contributed by atoms with Gasteiger partial charge in [-0.25, -0.2) is 0 Å². The normalized spacial score (nSPS) is 12.2. The number of methoxy groups -OCH3 is 1. The summed E-state index contributed by atoms with van der Waals surface area (Å²) < 4.78 is 5.19. The van der Waals surface area contributed by atoms with Crippen LogP contribution in [0.4, 0.5) is 0 Å². The van der Waals surface area contributed by atoms with Gasteiger partial charge in [0.2, 0.25) is 0 Å². The standard InChI is InChI=1S/C16H25N3O/c1-4-19(5-2)11-7-10-18-16(13-17)14-8-6-9-15(12-14)20-3/h6,8-9,12,16,18H,4-5,7,10-11H2,1-3H3. The number of nitriles is 1. The number of hydrogen-bond acceptors (Lipinski definition) is 4. The van der Waals surface area contributed by atoms with Crippen LogP contribution in [0, 0.1) is 11.3 Å². The highest BCUT2D eigenvalue weighted by molar-refractivity contribution is 5.32. The van der Waals surface area contributed by atoms with Gasteiger partial charge in [-0.2, -0.15) is 5.26 Å². The van der Waals surface area contributed by atoms with Gasteiger partial charge in [0.15, 0.2) is 0 Å². The number of nitrogens with one attached hydrogen (secondary N) is 1. The monoisotopic (exact) mass is 275 g/mol. The van der Waals surface area contributed by atoms with E-state index in [0.717, 1.165) is 43.9 Å². The highest BCUT2D eigenvalue weighted by Crippen LogP contribution is 2.18. The van der Waals surface area contributed by atoms with Crippen LogP contribution in [-0.2, 0) is 0 Å². The van der Waals surface area contributed by atoms with Crippen LogP contribution < -0.4 is 10.1 Å². The molecule has 4 heteroatoms. The lowest BCUT2D eigenvalue weighted by Gasteiger charge is -2.18. The fourth-order valence-electron chi connectivity index (χ4n) is 2.15. The summed E-state index contributed by atoms with van der Waals surface area (Å²) >= 11 is 0. The smallest absolute Gasteiger partial charge is 0.121 e. The average Bonchev–Trinajstić information content (AvgIpc) is 2.51. The Bertz CT molecular complexity index is 424. The number of ether oxygens (including phenoxy) is 1. The summed E-state index contributed by atoms with van der Waals surface area (Å²) in [5, 5.41) is 12.6. The van der Waals surface area contributed by atoms with Gasteiger partial charge in [0, 0.05) is 0 Å². The van der Waals surface area contributed by atoms with Gasteiger partial charge in [0.1, 0.15) is 11.8 Å². The minimum atomic E-state index is -0.276. The van der Waals surface area contributed by atoms with E-state index in [1.807, 2.05) is 24.3 Å². The fraction of sp³-hybridized carbons (Fsp3) is 0.562. The average molecular weight is 275 g/mol. The van der Waals surface area contributed by atoms with E-state index in [0.29, 0.717) is 0 Å². The first kappa shape index (κ1) is 16.5. The third kappa shape index (κ3) is 5.20. The molecule has 0 spiro atoms. The molecule has 0 saturated carbocycles. The quantitative estimate of drug-likeness (QED) is 0.704. The van der Waals surface area contributed by atoms with Crippen molar-refractivity contribution in [2.75, 3.05) is 33.3 Å². The van der Waals surface area contributed by atoms with E-state index < -0.39 is 0 Å². The first-order valence-corrected chi connectivity index (χ1v) is 7.24. The van der Waals surface area contributed by atoms with Crippen molar-refractivity contribution in [2.45, 2.75) is 26.3 Å². The summed E-state index contributed by atoms with van der Waals surface area (Å²) in [7, 11) is 1.64. The predicted molar refractivity (Wildman–Crippen MR) is 81.8 cm³/mol. The summed E-state index contributed by atoms with van der Waals surface area (Å²) in [5.41, 5.74) is 0.953. The van der Waals surface area contributed by atoms with Gasteiger partial charge in [0.25, 0.3) is 0 Å². The Hall–Kier alpha value is -1.57. The van der Waals surface area contributed by atoms with E-state index in [9.17, 15) is 5.26 Å². The Balaban J connectivity index is 2.45. The van der Waals surface area contributed by atoms with Crippen molar-refractivity contribution in [3.63, 3.8) is 0 Å². The van der Waals surface area contributed by atoms with Crippen LogP contribution in [0.25, 0.3) is 0 Å². The third-order valence-electron chi connectivity index (χ3n) is 3.45. The van der Waals surface area contributed by atoms with Crippen molar-refractivity contribution in [3.8, 4) is 11.8 Å². The van der Waals surface area contributed by atoms with Gasteiger partial charge in [0.05, 0.1) is 13.2 Å². The molecule has 1 N–H and O–H groups in total. The summed E-state index contributed by atoms with van der Waals surface area (Å²) in [6.07, 6.45) is 1.05. The van der Waals surface area contributed by atoms with Crippen LogP contribution in [-0.4, -0.2) is 38.2 Å². The number of rotatable bonds is 9. The molecule has 0 amide bonds. The molecule has 0 bridgehead atoms. The minimum Gasteiger partial charge on any atom is -0.497 e. The molecule has 1 aromatic rings. The van der Waals surface area contributed by atoms with E-state index in [4.69, 9.17) is 4.74 Å². The fourth-order valence-corrected chi connectivity index (χ4v) is 2.15. The zero-order valence-electron chi connectivity index (χ0n) is 12.7. The molecular formula is C16H25N3O. The maximum absolute atomic E-state index is 9.28. The highest BCUT2D eigenvalue weighted by Gasteiger charge is 2.10. The molecule has 4 nitrogen and oxygen atoms in total. The number of benzene rings is 1. The lowest BCUT2D eigenvalue weighted by atomic mass is 10.1. The molecule has 0 heterocycles. The Kier molecular flexibility index (Phi) is 7.71. The van der Waals surface area contributed by atoms with Crippen LogP contribution in [0.5, 0.6) is 5.75 Å². The number of hydrogen-bond donors (Lipinski definition) is 1. The first-order chi connectivity index (χ1) is 9.74. The first-order valence-electron chi connectivity index (χ1n) is 7.24. The van der Waals surface area contributed by atoms with Gasteiger partial charge in [-0.15, -0.1) is 0 Å². The molecule has 1 aromatic carbocycles. The Labute approximate surface area is 122 Å². The third-order valence-corrected chi connectivity index (χ3v) is 3.45. The van der Waals surface area contributed by atoms with E-state index in [1.165, 1.54) is 0 Å². The van der Waals surface area contributed by atoms with E-state index >= 15 is 0 Å². The largest absolute Gasteiger partial charge is 0.497 e. The molecule has 0 aliphatic rings. The van der Waals surface area contributed by atoms with Crippen molar-refractivity contribution >= 4 is 0 Å². The Morgan fingerprint density at radius 2 is 2.10 bits per heavy atom. The zero-order chi connectivity index (χ0) is 14.8. The van der Waals surface area contributed by atoms with Gasteiger partial charge in [-0.05, 0) is 50.3 Å². The van der Waals surface area contributed by atoms with Crippen LogP contribution in [0.15, 0.2) is 24.3 Å². The molecule has 110 valence electrons. The van der Waals surface area contributed by atoms with Crippen molar-refractivity contribution < 1.29 is 4.74 Å². The summed E-state index contributed by atoms with van der Waals surface area (Å²) in [4.78, 5) is 2.38. The predicted octanol–water partition coefficient (Wildman–Crippen LogP) is 2.58. The molecule has 1 atom stereocenters. The van der Waals surface area contributed by atoms with Gasteiger partial charge >= 0.3 is 0 Å². The van der Waals surface area contributed by atoms with Crippen molar-refractivity contribution in [1.29, 1.82) is 5.26 Å². The Morgan fingerprint density at radius 3 is 2.70 bits per heavy atom. The summed E-state index contributed by atoms with van der Waals surface area (Å²) in [6, 6.07) is 9.69. The van der Waals surface area contributed by atoms with E-state index in [2.05, 4.69) is 30.1 Å².